The number of nitrogens with one attached hydrogen (secondary N) is 1. The van der Waals surface area contributed by atoms with E-state index in [1.165, 1.54) is 29.2 Å². The van der Waals surface area contributed by atoms with E-state index in [9.17, 15) is 19.2 Å². The summed E-state index contributed by atoms with van der Waals surface area (Å²) >= 11 is 0. The van der Waals surface area contributed by atoms with Gasteiger partial charge in [0.1, 0.15) is 5.75 Å². The van der Waals surface area contributed by atoms with E-state index >= 15 is 0 Å². The van der Waals surface area contributed by atoms with E-state index in [1.807, 2.05) is 32.9 Å². The summed E-state index contributed by atoms with van der Waals surface area (Å²) in [5.41, 5.74) is 4.38. The standard InChI is InChI=1S/C27H24N2O5/c1-5-23(30)34-20-8-6-7-19(14-20)28-25(31)18-9-10-21-22(13-18)27(33)29(26(21)32)24-16(3)11-15(2)12-17(24)4/h6-14H,5H2,1-4H3,(H,28,31). The van der Waals surface area contributed by atoms with E-state index in [0.717, 1.165) is 16.7 Å². The first-order valence-electron chi connectivity index (χ1n) is 10.9. The van der Waals surface area contributed by atoms with Gasteiger partial charge < -0.3 is 10.1 Å². The van der Waals surface area contributed by atoms with E-state index in [0.29, 0.717) is 17.1 Å². The maximum atomic E-state index is 13.2. The lowest BCUT2D eigenvalue weighted by atomic mass is 10.0. The first kappa shape index (κ1) is 22.9. The van der Waals surface area contributed by atoms with E-state index in [-0.39, 0.29) is 29.1 Å². The molecule has 0 bridgehead atoms. The lowest BCUT2D eigenvalue weighted by molar-refractivity contribution is -0.134. The van der Waals surface area contributed by atoms with Gasteiger partial charge in [0.2, 0.25) is 0 Å². The largest absolute Gasteiger partial charge is 0.426 e. The molecule has 3 amide bonds. The number of aryl methyl sites for hydroxylation is 3. The summed E-state index contributed by atoms with van der Waals surface area (Å²) in [7, 11) is 0. The molecule has 34 heavy (non-hydrogen) atoms. The second-order valence-electron chi connectivity index (χ2n) is 8.26. The Morgan fingerprint density at radius 2 is 1.56 bits per heavy atom. The number of amides is 3. The Morgan fingerprint density at radius 3 is 2.24 bits per heavy atom. The molecule has 0 atom stereocenters. The van der Waals surface area contributed by atoms with Gasteiger partial charge in [0.25, 0.3) is 17.7 Å². The molecule has 0 radical (unpaired) electrons. The summed E-state index contributed by atoms with van der Waals surface area (Å²) < 4.78 is 5.18. The van der Waals surface area contributed by atoms with Crippen molar-refractivity contribution in [3.05, 3.63) is 88.0 Å². The molecule has 0 saturated heterocycles. The van der Waals surface area contributed by atoms with Crippen molar-refractivity contribution in [3.8, 4) is 5.75 Å². The molecule has 3 aromatic rings. The van der Waals surface area contributed by atoms with Crippen molar-refractivity contribution >= 4 is 35.1 Å². The monoisotopic (exact) mass is 456 g/mol. The zero-order valence-corrected chi connectivity index (χ0v) is 19.4. The van der Waals surface area contributed by atoms with Crippen LogP contribution in [-0.4, -0.2) is 23.7 Å². The number of benzene rings is 3. The van der Waals surface area contributed by atoms with E-state index < -0.39 is 17.7 Å². The highest BCUT2D eigenvalue weighted by Crippen LogP contribution is 2.34. The molecular weight excluding hydrogens is 432 g/mol. The lowest BCUT2D eigenvalue weighted by Gasteiger charge is -2.20. The third kappa shape index (κ3) is 4.20. The van der Waals surface area contributed by atoms with Gasteiger partial charge in [-0.3, -0.25) is 19.2 Å². The van der Waals surface area contributed by atoms with Crippen LogP contribution >= 0.6 is 0 Å². The highest BCUT2D eigenvalue weighted by Gasteiger charge is 2.38. The summed E-state index contributed by atoms with van der Waals surface area (Å²) in [6.45, 7) is 7.38. The van der Waals surface area contributed by atoms with Crippen molar-refractivity contribution in [2.24, 2.45) is 0 Å². The fraction of sp³-hybridized carbons (Fsp3) is 0.185. The molecule has 1 N–H and O–H groups in total. The van der Waals surface area contributed by atoms with Gasteiger partial charge in [0.15, 0.2) is 0 Å². The summed E-state index contributed by atoms with van der Waals surface area (Å²) in [5.74, 6) is -1.39. The molecule has 7 heteroatoms. The maximum Gasteiger partial charge on any atom is 0.310 e. The van der Waals surface area contributed by atoms with Crippen LogP contribution in [-0.2, 0) is 4.79 Å². The first-order valence-corrected chi connectivity index (χ1v) is 10.9. The first-order chi connectivity index (χ1) is 16.2. The summed E-state index contributed by atoms with van der Waals surface area (Å²) in [4.78, 5) is 51.9. The van der Waals surface area contributed by atoms with Crippen molar-refractivity contribution in [2.45, 2.75) is 34.1 Å². The highest BCUT2D eigenvalue weighted by atomic mass is 16.5. The molecule has 0 fully saturated rings. The molecule has 1 heterocycles. The van der Waals surface area contributed by atoms with Crippen LogP contribution in [0.1, 0.15) is 61.1 Å². The normalized spacial score (nSPS) is 12.5. The van der Waals surface area contributed by atoms with Crippen molar-refractivity contribution in [3.63, 3.8) is 0 Å². The number of fused-ring (bicyclic) bond motifs is 1. The lowest BCUT2D eigenvalue weighted by Crippen LogP contribution is -2.30. The Morgan fingerprint density at radius 1 is 0.882 bits per heavy atom. The molecule has 0 unspecified atom stereocenters. The van der Waals surface area contributed by atoms with E-state index in [2.05, 4.69) is 5.32 Å². The molecule has 3 aromatic carbocycles. The van der Waals surface area contributed by atoms with Crippen LogP contribution in [0.4, 0.5) is 11.4 Å². The van der Waals surface area contributed by atoms with Crippen molar-refractivity contribution < 1.29 is 23.9 Å². The third-order valence-corrected chi connectivity index (χ3v) is 5.62. The molecule has 0 aliphatic carbocycles. The van der Waals surface area contributed by atoms with Crippen LogP contribution < -0.4 is 15.0 Å². The highest BCUT2D eigenvalue weighted by molar-refractivity contribution is 6.35. The molecule has 1 aliphatic heterocycles. The fourth-order valence-corrected chi connectivity index (χ4v) is 4.15. The minimum absolute atomic E-state index is 0.183. The Balaban J connectivity index is 1.60. The maximum absolute atomic E-state index is 13.2. The predicted molar refractivity (Wildman–Crippen MR) is 129 cm³/mol. The van der Waals surface area contributed by atoms with Crippen molar-refractivity contribution in [1.29, 1.82) is 0 Å². The van der Waals surface area contributed by atoms with Crippen LogP contribution in [0, 0.1) is 20.8 Å². The summed E-state index contributed by atoms with van der Waals surface area (Å²) in [5, 5.41) is 2.73. The number of carbonyl (C=O) groups is 4. The van der Waals surface area contributed by atoms with Gasteiger partial charge >= 0.3 is 5.97 Å². The topological polar surface area (TPSA) is 92.8 Å². The quantitative estimate of drug-likeness (QED) is 0.332. The Hall–Kier alpha value is -4.26. The van der Waals surface area contributed by atoms with Gasteiger partial charge in [0.05, 0.1) is 16.8 Å². The second-order valence-corrected chi connectivity index (χ2v) is 8.26. The number of esters is 1. The number of nitrogens with zero attached hydrogens (tertiary/aromatic N) is 1. The molecule has 172 valence electrons. The van der Waals surface area contributed by atoms with Gasteiger partial charge in [0, 0.05) is 23.7 Å². The summed E-state index contributed by atoms with van der Waals surface area (Å²) in [6, 6.07) is 14.8. The number of hydrogen-bond donors (Lipinski definition) is 1. The van der Waals surface area contributed by atoms with Crippen molar-refractivity contribution in [2.75, 3.05) is 10.2 Å². The Bertz CT molecular complexity index is 1340. The number of rotatable bonds is 5. The molecule has 0 aromatic heterocycles. The fourth-order valence-electron chi connectivity index (χ4n) is 4.15. The van der Waals surface area contributed by atoms with Gasteiger partial charge in [-0.2, -0.15) is 0 Å². The molecule has 0 spiro atoms. The Labute approximate surface area is 197 Å². The average molecular weight is 456 g/mol. The Kier molecular flexibility index (Phi) is 6.03. The zero-order chi connectivity index (χ0) is 24.6. The van der Waals surface area contributed by atoms with Crippen LogP contribution in [0.25, 0.3) is 0 Å². The molecular formula is C27H24N2O5. The number of anilines is 2. The molecule has 4 rings (SSSR count). The van der Waals surface area contributed by atoms with Gasteiger partial charge in [-0.05, 0) is 62.2 Å². The van der Waals surface area contributed by atoms with Crippen LogP contribution in [0.2, 0.25) is 0 Å². The second kappa shape index (κ2) is 8.94. The smallest absolute Gasteiger partial charge is 0.310 e. The molecule has 7 nitrogen and oxygen atoms in total. The zero-order valence-electron chi connectivity index (χ0n) is 19.4. The van der Waals surface area contributed by atoms with E-state index in [4.69, 9.17) is 4.74 Å². The third-order valence-electron chi connectivity index (χ3n) is 5.62. The number of ether oxygens (including phenoxy) is 1. The van der Waals surface area contributed by atoms with Gasteiger partial charge in [-0.25, -0.2) is 4.90 Å². The van der Waals surface area contributed by atoms with Gasteiger partial charge in [-0.15, -0.1) is 0 Å². The van der Waals surface area contributed by atoms with E-state index in [1.54, 1.807) is 25.1 Å². The van der Waals surface area contributed by atoms with Gasteiger partial charge in [-0.1, -0.05) is 30.7 Å². The predicted octanol–water partition coefficient (Wildman–Crippen LogP) is 4.98. The minimum Gasteiger partial charge on any atom is -0.426 e. The SMILES string of the molecule is CCC(=O)Oc1cccc(NC(=O)c2ccc3c(c2)C(=O)N(c2c(C)cc(C)cc2C)C3=O)c1. The number of imide groups is 1. The van der Waals surface area contributed by atoms with Crippen LogP contribution in [0.5, 0.6) is 5.75 Å². The molecule has 1 aliphatic rings. The average Bonchev–Trinajstić information content (AvgIpc) is 3.03. The van der Waals surface area contributed by atoms with Crippen molar-refractivity contribution in [1.82, 2.24) is 0 Å². The van der Waals surface area contributed by atoms with Crippen LogP contribution in [0.15, 0.2) is 54.6 Å². The van der Waals surface area contributed by atoms with Crippen LogP contribution in [0.3, 0.4) is 0 Å². The molecule has 0 saturated carbocycles. The number of hydrogen-bond acceptors (Lipinski definition) is 5. The summed E-state index contributed by atoms with van der Waals surface area (Å²) in [6.07, 6.45) is 0.233. The number of carbonyl (C=O) groups excluding carboxylic acids is 4. The minimum atomic E-state index is -0.460.